The number of benzene rings is 2. The molecule has 0 saturated heterocycles. The van der Waals surface area contributed by atoms with Gasteiger partial charge in [-0.25, -0.2) is 4.98 Å². The van der Waals surface area contributed by atoms with Crippen LogP contribution in [0.1, 0.15) is 0 Å². The van der Waals surface area contributed by atoms with Crippen LogP contribution in [-0.4, -0.2) is 12.1 Å². The highest BCUT2D eigenvalue weighted by Crippen LogP contribution is 2.33. The number of halogens is 1. The first kappa shape index (κ1) is 11.9. The molecule has 19 heavy (non-hydrogen) atoms. The fourth-order valence-corrected chi connectivity index (χ4v) is 2.05. The van der Waals surface area contributed by atoms with E-state index in [-0.39, 0.29) is 0 Å². The van der Waals surface area contributed by atoms with E-state index in [1.807, 2.05) is 30.3 Å². The number of hydrogen-bond donors (Lipinski definition) is 1. The highest BCUT2D eigenvalue weighted by molar-refractivity contribution is 6.33. The van der Waals surface area contributed by atoms with Gasteiger partial charge < -0.3 is 14.9 Å². The number of nitrogens with zero attached hydrogens (tertiary/aromatic N) is 1. The number of methoxy groups -OCH3 is 1. The maximum atomic E-state index is 6.00. The van der Waals surface area contributed by atoms with Crippen LogP contribution in [0.2, 0.25) is 5.02 Å². The first-order valence-corrected chi connectivity index (χ1v) is 6.06. The second-order valence-corrected chi connectivity index (χ2v) is 4.46. The molecular formula is C14H11ClN2O2. The molecule has 0 saturated carbocycles. The van der Waals surface area contributed by atoms with Gasteiger partial charge in [-0.2, -0.15) is 0 Å². The summed E-state index contributed by atoms with van der Waals surface area (Å²) >= 11 is 6.00. The molecule has 1 aromatic heterocycles. The lowest BCUT2D eigenvalue weighted by Gasteiger charge is -2.02. The minimum Gasteiger partial charge on any atom is -0.497 e. The predicted molar refractivity (Wildman–Crippen MR) is 75.4 cm³/mol. The van der Waals surface area contributed by atoms with Crippen molar-refractivity contribution in [1.82, 2.24) is 4.98 Å². The summed E-state index contributed by atoms with van der Waals surface area (Å²) in [7, 11) is 1.61. The molecule has 2 aromatic carbocycles. The number of para-hydroxylation sites is 1. The molecule has 0 aliphatic rings. The first-order chi connectivity index (χ1) is 9.19. The molecule has 0 atom stereocenters. The van der Waals surface area contributed by atoms with Gasteiger partial charge in [0.1, 0.15) is 11.3 Å². The number of nitrogen functional groups attached to an aromatic ring is 1. The molecule has 3 rings (SSSR count). The summed E-state index contributed by atoms with van der Waals surface area (Å²) in [5.41, 5.74) is 8.47. The summed E-state index contributed by atoms with van der Waals surface area (Å²) in [6.07, 6.45) is 0. The van der Waals surface area contributed by atoms with E-state index in [1.165, 1.54) is 0 Å². The molecule has 0 bridgehead atoms. The molecule has 0 aliphatic carbocycles. The Morgan fingerprint density at radius 3 is 2.89 bits per heavy atom. The Morgan fingerprint density at radius 1 is 1.26 bits per heavy atom. The molecule has 5 heteroatoms. The molecule has 0 radical (unpaired) electrons. The Morgan fingerprint density at radius 2 is 2.11 bits per heavy atom. The molecule has 2 N–H and O–H groups in total. The van der Waals surface area contributed by atoms with Gasteiger partial charge >= 0.3 is 0 Å². The average Bonchev–Trinajstić information content (AvgIpc) is 2.84. The van der Waals surface area contributed by atoms with Gasteiger partial charge in [0.2, 0.25) is 5.89 Å². The molecular weight excluding hydrogens is 264 g/mol. The first-order valence-electron chi connectivity index (χ1n) is 5.68. The summed E-state index contributed by atoms with van der Waals surface area (Å²) in [6.45, 7) is 0. The van der Waals surface area contributed by atoms with Crippen molar-refractivity contribution in [2.75, 3.05) is 12.8 Å². The standard InChI is InChI=1S/C14H11ClN2O2/c1-18-8-5-6-12-11(7-8)17-14(19-12)9-3-2-4-10(15)13(9)16/h2-7H,16H2,1H3. The van der Waals surface area contributed by atoms with Crippen LogP contribution < -0.4 is 10.5 Å². The van der Waals surface area contributed by atoms with Gasteiger partial charge in [-0.3, -0.25) is 0 Å². The van der Waals surface area contributed by atoms with Crippen LogP contribution in [0.3, 0.4) is 0 Å². The van der Waals surface area contributed by atoms with Crippen molar-refractivity contribution >= 4 is 28.4 Å². The number of nitrogens with two attached hydrogens (primary N) is 1. The van der Waals surface area contributed by atoms with E-state index in [4.69, 9.17) is 26.5 Å². The third kappa shape index (κ3) is 2.00. The summed E-state index contributed by atoms with van der Waals surface area (Å²) in [4.78, 5) is 4.41. The largest absolute Gasteiger partial charge is 0.497 e. The number of ether oxygens (including phenoxy) is 1. The van der Waals surface area contributed by atoms with Crippen molar-refractivity contribution in [2.45, 2.75) is 0 Å². The zero-order valence-electron chi connectivity index (χ0n) is 10.2. The van der Waals surface area contributed by atoms with Crippen molar-refractivity contribution < 1.29 is 9.15 Å². The van der Waals surface area contributed by atoms with E-state index in [0.29, 0.717) is 33.3 Å². The second-order valence-electron chi connectivity index (χ2n) is 4.05. The minimum absolute atomic E-state index is 0.447. The number of hydrogen-bond acceptors (Lipinski definition) is 4. The Labute approximate surface area is 114 Å². The van der Waals surface area contributed by atoms with Crippen LogP contribution in [0.25, 0.3) is 22.6 Å². The van der Waals surface area contributed by atoms with Gasteiger partial charge in [-0.05, 0) is 24.3 Å². The second kappa shape index (κ2) is 4.48. The monoisotopic (exact) mass is 274 g/mol. The zero-order chi connectivity index (χ0) is 13.4. The van der Waals surface area contributed by atoms with Gasteiger partial charge in [-0.1, -0.05) is 17.7 Å². The van der Waals surface area contributed by atoms with Gasteiger partial charge in [0.25, 0.3) is 0 Å². The lowest BCUT2D eigenvalue weighted by molar-refractivity contribution is 0.415. The fourth-order valence-electron chi connectivity index (χ4n) is 1.87. The third-order valence-electron chi connectivity index (χ3n) is 2.88. The SMILES string of the molecule is COc1ccc2oc(-c3cccc(Cl)c3N)nc2c1. The topological polar surface area (TPSA) is 61.3 Å². The molecule has 0 fully saturated rings. The van der Waals surface area contributed by atoms with Gasteiger partial charge in [0, 0.05) is 6.07 Å². The quantitative estimate of drug-likeness (QED) is 0.723. The molecule has 0 spiro atoms. The smallest absolute Gasteiger partial charge is 0.229 e. The number of aromatic nitrogens is 1. The van der Waals surface area contributed by atoms with Crippen LogP contribution in [0.5, 0.6) is 5.75 Å². The van der Waals surface area contributed by atoms with E-state index in [1.54, 1.807) is 13.2 Å². The molecule has 0 aliphatic heterocycles. The van der Waals surface area contributed by atoms with Crippen LogP contribution in [-0.2, 0) is 0 Å². The van der Waals surface area contributed by atoms with Crippen LogP contribution >= 0.6 is 11.6 Å². The highest BCUT2D eigenvalue weighted by atomic mass is 35.5. The summed E-state index contributed by atoms with van der Waals surface area (Å²) in [5, 5.41) is 0.484. The Balaban J connectivity index is 2.18. The number of rotatable bonds is 2. The maximum Gasteiger partial charge on any atom is 0.229 e. The lowest BCUT2D eigenvalue weighted by Crippen LogP contribution is -1.90. The van der Waals surface area contributed by atoms with Crippen LogP contribution in [0, 0.1) is 0 Å². The van der Waals surface area contributed by atoms with Crippen LogP contribution in [0.15, 0.2) is 40.8 Å². The van der Waals surface area contributed by atoms with E-state index < -0.39 is 0 Å². The number of oxazole rings is 1. The van der Waals surface area contributed by atoms with Crippen molar-refractivity contribution in [1.29, 1.82) is 0 Å². The summed E-state index contributed by atoms with van der Waals surface area (Å²) in [5.74, 6) is 1.18. The molecule has 96 valence electrons. The van der Waals surface area contributed by atoms with Crippen molar-refractivity contribution in [3.8, 4) is 17.2 Å². The van der Waals surface area contributed by atoms with Crippen LogP contribution in [0.4, 0.5) is 5.69 Å². The van der Waals surface area contributed by atoms with E-state index in [0.717, 1.165) is 5.75 Å². The summed E-state index contributed by atoms with van der Waals surface area (Å²) in [6, 6.07) is 10.8. The Hall–Kier alpha value is -2.20. The van der Waals surface area contributed by atoms with Gasteiger partial charge in [0.05, 0.1) is 23.4 Å². The molecule has 0 amide bonds. The van der Waals surface area contributed by atoms with Crippen molar-refractivity contribution in [2.24, 2.45) is 0 Å². The highest BCUT2D eigenvalue weighted by Gasteiger charge is 2.13. The fraction of sp³-hybridized carbons (Fsp3) is 0.0714. The zero-order valence-corrected chi connectivity index (χ0v) is 10.9. The van der Waals surface area contributed by atoms with Gasteiger partial charge in [-0.15, -0.1) is 0 Å². The molecule has 1 heterocycles. The Kier molecular flexibility index (Phi) is 2.80. The number of fused-ring (bicyclic) bond motifs is 1. The van der Waals surface area contributed by atoms with Crippen molar-refractivity contribution in [3.05, 3.63) is 41.4 Å². The maximum absolute atomic E-state index is 6.00. The van der Waals surface area contributed by atoms with Gasteiger partial charge in [0.15, 0.2) is 5.58 Å². The Bertz CT molecular complexity index is 752. The third-order valence-corrected chi connectivity index (χ3v) is 3.21. The molecule has 0 unspecified atom stereocenters. The molecule has 3 aromatic rings. The van der Waals surface area contributed by atoms with E-state index >= 15 is 0 Å². The van der Waals surface area contributed by atoms with E-state index in [2.05, 4.69) is 4.98 Å². The van der Waals surface area contributed by atoms with E-state index in [9.17, 15) is 0 Å². The predicted octanol–water partition coefficient (Wildman–Crippen LogP) is 3.74. The molecule has 4 nitrogen and oxygen atoms in total. The normalized spacial score (nSPS) is 10.8. The lowest BCUT2D eigenvalue weighted by atomic mass is 10.2. The summed E-state index contributed by atoms with van der Waals surface area (Å²) < 4.78 is 10.8. The van der Waals surface area contributed by atoms with Crippen molar-refractivity contribution in [3.63, 3.8) is 0 Å². The average molecular weight is 275 g/mol. The number of anilines is 1. The minimum atomic E-state index is 0.447.